The molecular formula is C19H25N3O5S. The molecule has 0 saturated carbocycles. The van der Waals surface area contributed by atoms with Gasteiger partial charge in [0.2, 0.25) is 21.8 Å². The van der Waals surface area contributed by atoms with Gasteiger partial charge in [0.05, 0.1) is 17.7 Å². The SMILES string of the molecule is Cc1ccc(S(=O)(=O)NCCC(=O)NC(C)C(=O)NCc2ccco2)c(C)c1. The predicted octanol–water partition coefficient (Wildman–Crippen LogP) is 1.39. The van der Waals surface area contributed by atoms with Crippen LogP contribution in [0.15, 0.2) is 45.9 Å². The minimum Gasteiger partial charge on any atom is -0.467 e. The number of furan rings is 1. The second kappa shape index (κ2) is 9.52. The van der Waals surface area contributed by atoms with Crippen LogP contribution in [0.1, 0.15) is 30.2 Å². The van der Waals surface area contributed by atoms with Crippen LogP contribution in [0.25, 0.3) is 0 Å². The van der Waals surface area contributed by atoms with E-state index < -0.39 is 22.0 Å². The molecule has 0 radical (unpaired) electrons. The van der Waals surface area contributed by atoms with E-state index in [0.717, 1.165) is 5.56 Å². The number of nitrogens with one attached hydrogen (secondary N) is 3. The van der Waals surface area contributed by atoms with Gasteiger partial charge in [-0.05, 0) is 44.5 Å². The maximum atomic E-state index is 12.4. The molecule has 0 bridgehead atoms. The molecule has 0 fully saturated rings. The summed E-state index contributed by atoms with van der Waals surface area (Å²) >= 11 is 0. The summed E-state index contributed by atoms with van der Waals surface area (Å²) in [6.45, 7) is 5.31. The number of amides is 2. The van der Waals surface area contributed by atoms with E-state index in [0.29, 0.717) is 11.3 Å². The third-order valence-corrected chi connectivity index (χ3v) is 5.67. The molecule has 2 amide bonds. The Morgan fingerprint density at radius 2 is 1.93 bits per heavy atom. The second-order valence-corrected chi connectivity index (χ2v) is 8.24. The molecule has 1 aromatic carbocycles. The van der Waals surface area contributed by atoms with Crippen molar-refractivity contribution in [2.45, 2.75) is 44.7 Å². The van der Waals surface area contributed by atoms with Crippen molar-refractivity contribution in [3.8, 4) is 0 Å². The van der Waals surface area contributed by atoms with Crippen LogP contribution >= 0.6 is 0 Å². The highest BCUT2D eigenvalue weighted by Gasteiger charge is 2.18. The van der Waals surface area contributed by atoms with Crippen LogP contribution in [0.2, 0.25) is 0 Å². The van der Waals surface area contributed by atoms with E-state index in [2.05, 4.69) is 15.4 Å². The van der Waals surface area contributed by atoms with Gasteiger partial charge < -0.3 is 15.1 Å². The average molecular weight is 407 g/mol. The van der Waals surface area contributed by atoms with Gasteiger partial charge >= 0.3 is 0 Å². The monoisotopic (exact) mass is 407 g/mol. The summed E-state index contributed by atoms with van der Waals surface area (Å²) < 4.78 is 32.2. The molecule has 28 heavy (non-hydrogen) atoms. The molecule has 3 N–H and O–H groups in total. The summed E-state index contributed by atoms with van der Waals surface area (Å²) in [5.74, 6) is -0.183. The van der Waals surface area contributed by atoms with Gasteiger partial charge in [0, 0.05) is 13.0 Å². The normalized spacial score (nSPS) is 12.4. The van der Waals surface area contributed by atoms with Crippen LogP contribution in [-0.2, 0) is 26.2 Å². The van der Waals surface area contributed by atoms with Gasteiger partial charge in [0.15, 0.2) is 0 Å². The molecule has 2 rings (SSSR count). The van der Waals surface area contributed by atoms with Gasteiger partial charge in [-0.2, -0.15) is 0 Å². The fourth-order valence-electron chi connectivity index (χ4n) is 2.60. The topological polar surface area (TPSA) is 118 Å². The summed E-state index contributed by atoms with van der Waals surface area (Å²) in [4.78, 5) is 24.1. The van der Waals surface area contributed by atoms with Crippen molar-refractivity contribution in [2.75, 3.05) is 6.54 Å². The molecule has 2 aromatic rings. The minimum absolute atomic E-state index is 0.0672. The molecule has 0 aliphatic rings. The molecule has 152 valence electrons. The van der Waals surface area contributed by atoms with E-state index in [1.807, 2.05) is 6.92 Å². The Labute approximate surface area is 164 Å². The largest absolute Gasteiger partial charge is 0.467 e. The van der Waals surface area contributed by atoms with Crippen molar-refractivity contribution in [3.63, 3.8) is 0 Å². The first-order valence-electron chi connectivity index (χ1n) is 8.85. The molecule has 8 nitrogen and oxygen atoms in total. The maximum Gasteiger partial charge on any atom is 0.242 e. The van der Waals surface area contributed by atoms with E-state index in [9.17, 15) is 18.0 Å². The molecule has 1 atom stereocenters. The number of carbonyl (C=O) groups excluding carboxylic acids is 2. The van der Waals surface area contributed by atoms with E-state index in [1.165, 1.54) is 6.26 Å². The van der Waals surface area contributed by atoms with Gasteiger partial charge in [-0.1, -0.05) is 17.7 Å². The first-order chi connectivity index (χ1) is 13.2. The van der Waals surface area contributed by atoms with E-state index in [-0.39, 0.29) is 30.3 Å². The smallest absolute Gasteiger partial charge is 0.242 e. The number of sulfonamides is 1. The van der Waals surface area contributed by atoms with Crippen molar-refractivity contribution in [3.05, 3.63) is 53.5 Å². The minimum atomic E-state index is -3.70. The summed E-state index contributed by atoms with van der Waals surface area (Å²) in [5.41, 5.74) is 1.61. The molecule has 1 aromatic heterocycles. The van der Waals surface area contributed by atoms with Gasteiger partial charge in [-0.3, -0.25) is 9.59 Å². The standard InChI is InChI=1S/C19H25N3O5S/c1-13-6-7-17(14(2)11-13)28(25,26)21-9-8-18(23)22-15(3)19(24)20-12-16-5-4-10-27-16/h4-7,10-11,15,21H,8-9,12H2,1-3H3,(H,20,24)(H,22,23). The summed E-state index contributed by atoms with van der Waals surface area (Å²) in [6.07, 6.45) is 1.42. The second-order valence-electron chi connectivity index (χ2n) is 6.50. The zero-order valence-electron chi connectivity index (χ0n) is 16.1. The number of rotatable bonds is 9. The van der Waals surface area contributed by atoms with Gasteiger partial charge in [0.25, 0.3) is 0 Å². The molecule has 0 spiro atoms. The third kappa shape index (κ3) is 6.21. The quantitative estimate of drug-likeness (QED) is 0.581. The van der Waals surface area contributed by atoms with Crippen LogP contribution in [-0.4, -0.2) is 32.8 Å². The Hall–Kier alpha value is -2.65. The lowest BCUT2D eigenvalue weighted by atomic mass is 10.2. The Morgan fingerprint density at radius 3 is 2.57 bits per heavy atom. The zero-order chi connectivity index (χ0) is 20.7. The van der Waals surface area contributed by atoms with Crippen molar-refractivity contribution in [2.24, 2.45) is 0 Å². The Morgan fingerprint density at radius 1 is 1.18 bits per heavy atom. The van der Waals surface area contributed by atoms with Crippen LogP contribution < -0.4 is 15.4 Å². The lowest BCUT2D eigenvalue weighted by Crippen LogP contribution is -2.45. The van der Waals surface area contributed by atoms with Crippen LogP contribution in [0.3, 0.4) is 0 Å². The number of carbonyl (C=O) groups is 2. The zero-order valence-corrected chi connectivity index (χ0v) is 16.9. The Balaban J connectivity index is 1.77. The fourth-order valence-corrected chi connectivity index (χ4v) is 3.85. The summed E-state index contributed by atoms with van der Waals surface area (Å²) in [7, 11) is -3.70. The van der Waals surface area contributed by atoms with Crippen molar-refractivity contribution in [1.29, 1.82) is 0 Å². The van der Waals surface area contributed by atoms with Crippen LogP contribution in [0, 0.1) is 13.8 Å². The van der Waals surface area contributed by atoms with Crippen molar-refractivity contribution < 1.29 is 22.4 Å². The predicted molar refractivity (Wildman–Crippen MR) is 104 cm³/mol. The maximum absolute atomic E-state index is 12.4. The first kappa shape index (κ1) is 21.6. The van der Waals surface area contributed by atoms with Crippen LogP contribution in [0.5, 0.6) is 0 Å². The molecule has 0 saturated heterocycles. The summed E-state index contributed by atoms with van der Waals surface area (Å²) in [5, 5.41) is 5.18. The lowest BCUT2D eigenvalue weighted by molar-refractivity contribution is -0.128. The highest BCUT2D eigenvalue weighted by molar-refractivity contribution is 7.89. The highest BCUT2D eigenvalue weighted by atomic mass is 32.2. The van der Waals surface area contributed by atoms with Gasteiger partial charge in [-0.25, -0.2) is 13.1 Å². The third-order valence-electron chi connectivity index (χ3n) is 4.05. The van der Waals surface area contributed by atoms with Crippen molar-refractivity contribution >= 4 is 21.8 Å². The van der Waals surface area contributed by atoms with Gasteiger partial charge in [0.1, 0.15) is 11.8 Å². The number of benzene rings is 1. The average Bonchev–Trinajstić information content (AvgIpc) is 3.12. The van der Waals surface area contributed by atoms with E-state index >= 15 is 0 Å². The van der Waals surface area contributed by atoms with Crippen LogP contribution in [0.4, 0.5) is 0 Å². The molecule has 1 heterocycles. The first-order valence-corrected chi connectivity index (χ1v) is 10.3. The number of hydrogen-bond acceptors (Lipinski definition) is 5. The molecule has 1 unspecified atom stereocenters. The van der Waals surface area contributed by atoms with Crippen molar-refractivity contribution in [1.82, 2.24) is 15.4 Å². The van der Waals surface area contributed by atoms with E-state index in [4.69, 9.17) is 4.42 Å². The van der Waals surface area contributed by atoms with E-state index in [1.54, 1.807) is 44.2 Å². The number of aryl methyl sites for hydroxylation is 2. The molecule has 0 aliphatic carbocycles. The molecule has 9 heteroatoms. The molecule has 0 aliphatic heterocycles. The Bertz CT molecular complexity index is 923. The fraction of sp³-hybridized carbons (Fsp3) is 0.368. The number of hydrogen-bond donors (Lipinski definition) is 3. The summed E-state index contributed by atoms with van der Waals surface area (Å²) in [6, 6.07) is 7.73. The Kier molecular flexibility index (Phi) is 7.36. The van der Waals surface area contributed by atoms with Gasteiger partial charge in [-0.15, -0.1) is 0 Å². The molecular weight excluding hydrogens is 382 g/mol. The lowest BCUT2D eigenvalue weighted by Gasteiger charge is -2.14. The highest BCUT2D eigenvalue weighted by Crippen LogP contribution is 2.16.